The number of primary amides is 1. The minimum atomic E-state index is -3.77. The number of sulfonamides is 1. The first-order chi connectivity index (χ1) is 8.65. The molecule has 0 aliphatic rings. The third-order valence-corrected chi connectivity index (χ3v) is 4.63. The summed E-state index contributed by atoms with van der Waals surface area (Å²) in [7, 11) is -3.77. The molecule has 0 spiro atoms. The van der Waals surface area contributed by atoms with E-state index in [4.69, 9.17) is 11.5 Å². The van der Waals surface area contributed by atoms with E-state index in [0.717, 1.165) is 5.56 Å². The normalized spacial score (nSPS) is 13.2. The Bertz CT molecular complexity index is 596. The lowest BCUT2D eigenvalue weighted by Gasteiger charge is -2.16. The van der Waals surface area contributed by atoms with Crippen molar-refractivity contribution in [1.29, 1.82) is 0 Å². The Morgan fingerprint density at radius 2 is 1.95 bits per heavy atom. The van der Waals surface area contributed by atoms with E-state index in [2.05, 4.69) is 4.72 Å². The lowest BCUT2D eigenvalue weighted by Crippen LogP contribution is -2.36. The lowest BCUT2D eigenvalue weighted by atomic mass is 10.1. The summed E-state index contributed by atoms with van der Waals surface area (Å²) in [6.07, 6.45) is -0.0655. The summed E-state index contributed by atoms with van der Waals surface area (Å²) in [6.45, 7) is 5.07. The molecular weight excluding hydrogens is 266 g/mol. The molecule has 0 bridgehead atoms. The van der Waals surface area contributed by atoms with Gasteiger partial charge in [0, 0.05) is 12.5 Å². The van der Waals surface area contributed by atoms with Gasteiger partial charge in [-0.05, 0) is 38.0 Å². The molecule has 6 nitrogen and oxygen atoms in total. The molecule has 0 saturated carbocycles. The number of carbonyl (C=O) groups excluding carboxylic acids is 1. The summed E-state index contributed by atoms with van der Waals surface area (Å²) in [5, 5.41) is 0. The molecule has 1 unspecified atom stereocenters. The average Bonchev–Trinajstić information content (AvgIpc) is 2.21. The molecule has 1 amide bonds. The summed E-state index contributed by atoms with van der Waals surface area (Å²) in [5.41, 5.74) is 12.4. The quantitative estimate of drug-likeness (QED) is 0.680. The zero-order valence-electron chi connectivity index (χ0n) is 11.2. The SMILES string of the molecule is Cc1ccc(N)c(S(=O)(=O)NC(C)CC(N)=O)c1C. The number of hydrogen-bond acceptors (Lipinski definition) is 4. The first kappa shape index (κ1) is 15.5. The first-order valence-corrected chi connectivity index (χ1v) is 7.29. The molecule has 0 aliphatic carbocycles. The van der Waals surface area contributed by atoms with Crippen molar-refractivity contribution in [2.24, 2.45) is 5.73 Å². The molecule has 0 saturated heterocycles. The van der Waals surface area contributed by atoms with Crippen LogP contribution in [0.2, 0.25) is 0 Å². The molecule has 0 radical (unpaired) electrons. The van der Waals surface area contributed by atoms with Crippen LogP contribution in [0.25, 0.3) is 0 Å². The highest BCUT2D eigenvalue weighted by Gasteiger charge is 2.23. The zero-order chi connectivity index (χ0) is 14.8. The van der Waals surface area contributed by atoms with Crippen LogP contribution in [0, 0.1) is 13.8 Å². The number of benzene rings is 1. The molecule has 106 valence electrons. The number of nitrogen functional groups attached to an aromatic ring is 1. The van der Waals surface area contributed by atoms with Gasteiger partial charge in [0.05, 0.1) is 5.69 Å². The van der Waals surface area contributed by atoms with Crippen molar-refractivity contribution in [3.05, 3.63) is 23.3 Å². The smallest absolute Gasteiger partial charge is 0.243 e. The zero-order valence-corrected chi connectivity index (χ0v) is 12.0. The topological polar surface area (TPSA) is 115 Å². The van der Waals surface area contributed by atoms with Gasteiger partial charge in [0.2, 0.25) is 15.9 Å². The van der Waals surface area contributed by atoms with Gasteiger partial charge in [-0.3, -0.25) is 4.79 Å². The van der Waals surface area contributed by atoms with E-state index in [9.17, 15) is 13.2 Å². The van der Waals surface area contributed by atoms with Gasteiger partial charge in [0.25, 0.3) is 0 Å². The maximum atomic E-state index is 12.3. The molecule has 1 rings (SSSR count). The Balaban J connectivity index is 3.15. The van der Waals surface area contributed by atoms with E-state index in [1.807, 2.05) is 0 Å². The standard InChI is InChI=1S/C12H19N3O3S/c1-7-4-5-10(13)12(9(7)3)19(17,18)15-8(2)6-11(14)16/h4-5,8,15H,6,13H2,1-3H3,(H2,14,16). The molecule has 0 heterocycles. The van der Waals surface area contributed by atoms with E-state index < -0.39 is 22.0 Å². The van der Waals surface area contributed by atoms with Gasteiger partial charge in [0.1, 0.15) is 4.90 Å². The van der Waals surface area contributed by atoms with Crippen LogP contribution >= 0.6 is 0 Å². The fraction of sp³-hybridized carbons (Fsp3) is 0.417. The lowest BCUT2D eigenvalue weighted by molar-refractivity contribution is -0.118. The van der Waals surface area contributed by atoms with Crippen LogP contribution in [0.4, 0.5) is 5.69 Å². The summed E-state index contributed by atoms with van der Waals surface area (Å²) in [6, 6.07) is 2.73. The van der Waals surface area contributed by atoms with Crippen LogP contribution in [0.5, 0.6) is 0 Å². The highest BCUT2D eigenvalue weighted by atomic mass is 32.2. The second-order valence-electron chi connectivity index (χ2n) is 4.62. The monoisotopic (exact) mass is 285 g/mol. The van der Waals surface area contributed by atoms with E-state index >= 15 is 0 Å². The van der Waals surface area contributed by atoms with E-state index in [-0.39, 0.29) is 17.0 Å². The van der Waals surface area contributed by atoms with Crippen molar-refractivity contribution in [3.63, 3.8) is 0 Å². The molecule has 19 heavy (non-hydrogen) atoms. The molecule has 7 heteroatoms. The van der Waals surface area contributed by atoms with Gasteiger partial charge in [0.15, 0.2) is 0 Å². The van der Waals surface area contributed by atoms with Crippen LogP contribution in [0.15, 0.2) is 17.0 Å². The van der Waals surface area contributed by atoms with Crippen LogP contribution in [0.1, 0.15) is 24.5 Å². The Morgan fingerprint density at radius 1 is 1.37 bits per heavy atom. The van der Waals surface area contributed by atoms with Crippen molar-refractivity contribution in [2.75, 3.05) is 5.73 Å². The molecule has 5 N–H and O–H groups in total. The van der Waals surface area contributed by atoms with Crippen LogP contribution in [-0.2, 0) is 14.8 Å². The second kappa shape index (κ2) is 5.58. The van der Waals surface area contributed by atoms with Crippen molar-refractivity contribution >= 4 is 21.6 Å². The summed E-state index contributed by atoms with van der Waals surface area (Å²) in [5.74, 6) is -0.566. The van der Waals surface area contributed by atoms with E-state index in [0.29, 0.717) is 5.56 Å². The molecule has 0 fully saturated rings. The fourth-order valence-electron chi connectivity index (χ4n) is 1.83. The van der Waals surface area contributed by atoms with E-state index in [1.165, 1.54) is 0 Å². The molecular formula is C12H19N3O3S. The number of rotatable bonds is 5. The number of hydrogen-bond donors (Lipinski definition) is 3. The van der Waals surface area contributed by atoms with Gasteiger partial charge in [-0.15, -0.1) is 0 Å². The van der Waals surface area contributed by atoms with Gasteiger partial charge >= 0.3 is 0 Å². The summed E-state index contributed by atoms with van der Waals surface area (Å²) >= 11 is 0. The average molecular weight is 285 g/mol. The minimum absolute atomic E-state index is 0.0591. The fourth-order valence-corrected chi connectivity index (χ4v) is 3.51. The number of amides is 1. The molecule has 1 aromatic rings. The largest absolute Gasteiger partial charge is 0.398 e. The van der Waals surface area contributed by atoms with Crippen LogP contribution < -0.4 is 16.2 Å². The Kier molecular flexibility index (Phi) is 4.54. The Labute approximate surface area is 113 Å². The number of carbonyl (C=O) groups is 1. The van der Waals surface area contributed by atoms with Crippen molar-refractivity contribution in [2.45, 2.75) is 38.1 Å². The molecule has 0 aromatic heterocycles. The van der Waals surface area contributed by atoms with Crippen LogP contribution in [-0.4, -0.2) is 20.4 Å². The number of aryl methyl sites for hydroxylation is 1. The van der Waals surface area contributed by atoms with Gasteiger partial charge in [-0.1, -0.05) is 6.07 Å². The van der Waals surface area contributed by atoms with Crippen LogP contribution in [0.3, 0.4) is 0 Å². The first-order valence-electron chi connectivity index (χ1n) is 5.81. The van der Waals surface area contributed by atoms with Crippen molar-refractivity contribution in [3.8, 4) is 0 Å². The van der Waals surface area contributed by atoms with E-state index in [1.54, 1.807) is 32.9 Å². The second-order valence-corrected chi connectivity index (χ2v) is 6.27. The molecule has 1 atom stereocenters. The maximum Gasteiger partial charge on any atom is 0.243 e. The summed E-state index contributed by atoms with van der Waals surface area (Å²) < 4.78 is 27.0. The van der Waals surface area contributed by atoms with Gasteiger partial charge < -0.3 is 11.5 Å². The highest BCUT2D eigenvalue weighted by molar-refractivity contribution is 7.89. The van der Waals surface area contributed by atoms with Gasteiger partial charge in [-0.2, -0.15) is 0 Å². The van der Waals surface area contributed by atoms with Gasteiger partial charge in [-0.25, -0.2) is 13.1 Å². The minimum Gasteiger partial charge on any atom is -0.398 e. The highest BCUT2D eigenvalue weighted by Crippen LogP contribution is 2.25. The Morgan fingerprint density at radius 3 is 2.47 bits per heavy atom. The van der Waals surface area contributed by atoms with Crippen molar-refractivity contribution < 1.29 is 13.2 Å². The predicted octanol–water partition coefficient (Wildman–Crippen LogP) is 0.428. The molecule has 0 aliphatic heterocycles. The third kappa shape index (κ3) is 3.68. The Hall–Kier alpha value is -1.60. The molecule has 1 aromatic carbocycles. The summed E-state index contributed by atoms with van der Waals surface area (Å²) in [4.78, 5) is 10.8. The number of nitrogens with one attached hydrogen (secondary N) is 1. The number of anilines is 1. The third-order valence-electron chi connectivity index (χ3n) is 2.84. The number of nitrogens with two attached hydrogens (primary N) is 2. The maximum absolute atomic E-state index is 12.3. The van der Waals surface area contributed by atoms with Crippen molar-refractivity contribution in [1.82, 2.24) is 4.72 Å². The predicted molar refractivity (Wildman–Crippen MR) is 73.9 cm³/mol.